The van der Waals surface area contributed by atoms with Crippen LogP contribution in [0.2, 0.25) is 0 Å². The minimum Gasteiger partial charge on any atom is -0.372 e. The summed E-state index contributed by atoms with van der Waals surface area (Å²) in [5.74, 6) is 0.0527. The summed E-state index contributed by atoms with van der Waals surface area (Å²) in [7, 11) is 0. The fourth-order valence-corrected chi connectivity index (χ4v) is 3.43. The topological polar surface area (TPSA) is 52.6 Å². The number of piperidine rings is 1. The second kappa shape index (κ2) is 5.54. The van der Waals surface area contributed by atoms with E-state index in [1.165, 1.54) is 5.56 Å². The van der Waals surface area contributed by atoms with Gasteiger partial charge in [-0.1, -0.05) is 30.3 Å². The summed E-state index contributed by atoms with van der Waals surface area (Å²) in [4.78, 5) is 14.2. The molecule has 20 heavy (non-hydrogen) atoms. The number of piperazine rings is 1. The first-order valence-corrected chi connectivity index (χ1v) is 7.47. The van der Waals surface area contributed by atoms with Crippen LogP contribution in [-0.4, -0.2) is 40.3 Å². The van der Waals surface area contributed by atoms with Gasteiger partial charge in [-0.2, -0.15) is 0 Å². The van der Waals surface area contributed by atoms with Gasteiger partial charge in [-0.25, -0.2) is 0 Å². The van der Waals surface area contributed by atoms with Gasteiger partial charge in [0.05, 0.1) is 12.1 Å². The van der Waals surface area contributed by atoms with E-state index in [1.807, 2.05) is 25.1 Å². The molecular weight excluding hydrogens is 252 g/mol. The Balaban J connectivity index is 1.75. The smallest absolute Gasteiger partial charge is 0.242 e. The van der Waals surface area contributed by atoms with Crippen molar-refractivity contribution in [3.05, 3.63) is 35.9 Å². The summed E-state index contributed by atoms with van der Waals surface area (Å²) in [5.41, 5.74) is 1.20. The molecule has 2 heterocycles. The van der Waals surface area contributed by atoms with Crippen LogP contribution in [0.3, 0.4) is 0 Å². The monoisotopic (exact) mass is 274 g/mol. The number of likely N-dealkylation sites (tertiary alicyclic amines) is 1. The fourth-order valence-electron chi connectivity index (χ4n) is 3.43. The van der Waals surface area contributed by atoms with Crippen molar-refractivity contribution in [2.75, 3.05) is 0 Å². The SMILES string of the molecule is C[C@@H](Cc1ccccc1)N1C(=O)[C@H]2CCC[C@H](N2)C1O. The Bertz CT molecular complexity index is 477. The number of hydrogen-bond acceptors (Lipinski definition) is 3. The standard InChI is InChI=1S/C16H22N2O2/c1-11(10-12-6-3-2-4-7-12)18-15(19)13-8-5-9-14(17-13)16(18)20/h2-4,6-7,11,13-15,17,19H,5,8-10H2,1H3/t11-,13-,14+,15?/m0/s1. The highest BCUT2D eigenvalue weighted by atomic mass is 16.3. The number of amides is 1. The number of aliphatic hydroxyl groups excluding tert-OH is 1. The lowest BCUT2D eigenvalue weighted by molar-refractivity contribution is -0.161. The van der Waals surface area contributed by atoms with E-state index >= 15 is 0 Å². The van der Waals surface area contributed by atoms with Crippen molar-refractivity contribution >= 4 is 5.91 Å². The van der Waals surface area contributed by atoms with Gasteiger partial charge in [0.2, 0.25) is 5.91 Å². The van der Waals surface area contributed by atoms with Crippen molar-refractivity contribution < 1.29 is 9.90 Å². The van der Waals surface area contributed by atoms with Crippen LogP contribution < -0.4 is 5.32 Å². The van der Waals surface area contributed by atoms with Gasteiger partial charge in [-0.3, -0.25) is 10.1 Å². The Kier molecular flexibility index (Phi) is 3.76. The lowest BCUT2D eigenvalue weighted by atomic mass is 9.90. The number of nitrogens with zero attached hydrogens (tertiary/aromatic N) is 1. The molecule has 2 aliphatic heterocycles. The van der Waals surface area contributed by atoms with Crippen LogP contribution in [0.15, 0.2) is 30.3 Å². The molecule has 0 radical (unpaired) electrons. The molecule has 0 spiro atoms. The summed E-state index contributed by atoms with van der Waals surface area (Å²) < 4.78 is 0. The third-order valence-corrected chi connectivity index (χ3v) is 4.47. The van der Waals surface area contributed by atoms with Gasteiger partial charge in [0.15, 0.2) is 0 Å². The number of aliphatic hydroxyl groups is 1. The zero-order valence-electron chi connectivity index (χ0n) is 11.8. The molecule has 108 valence electrons. The lowest BCUT2D eigenvalue weighted by Gasteiger charge is -2.47. The summed E-state index contributed by atoms with van der Waals surface area (Å²) in [6, 6.07) is 10.1. The third kappa shape index (κ3) is 2.45. The van der Waals surface area contributed by atoms with Crippen LogP contribution in [0, 0.1) is 0 Å². The predicted molar refractivity (Wildman–Crippen MR) is 77.0 cm³/mol. The van der Waals surface area contributed by atoms with Crippen LogP contribution in [0.4, 0.5) is 0 Å². The number of benzene rings is 1. The second-order valence-electron chi connectivity index (χ2n) is 5.95. The summed E-state index contributed by atoms with van der Waals surface area (Å²) >= 11 is 0. The first-order valence-electron chi connectivity index (χ1n) is 7.47. The van der Waals surface area contributed by atoms with E-state index in [0.29, 0.717) is 0 Å². The molecule has 2 aliphatic rings. The molecule has 4 atom stereocenters. The van der Waals surface area contributed by atoms with Gasteiger partial charge in [-0.05, 0) is 38.2 Å². The van der Waals surface area contributed by atoms with E-state index in [-0.39, 0.29) is 24.0 Å². The number of fused-ring (bicyclic) bond motifs is 2. The summed E-state index contributed by atoms with van der Waals surface area (Å²) in [6.45, 7) is 2.02. The number of rotatable bonds is 3. The number of hydrogen-bond donors (Lipinski definition) is 2. The number of carbonyl (C=O) groups is 1. The van der Waals surface area contributed by atoms with Crippen molar-refractivity contribution in [2.45, 2.75) is 57.0 Å². The van der Waals surface area contributed by atoms with Gasteiger partial charge in [0.25, 0.3) is 0 Å². The van der Waals surface area contributed by atoms with Gasteiger partial charge in [0, 0.05) is 6.04 Å². The molecule has 0 saturated carbocycles. The summed E-state index contributed by atoms with van der Waals surface area (Å²) in [5, 5.41) is 13.7. The van der Waals surface area contributed by atoms with Gasteiger partial charge >= 0.3 is 0 Å². The van der Waals surface area contributed by atoms with E-state index in [1.54, 1.807) is 4.90 Å². The quantitative estimate of drug-likeness (QED) is 0.873. The zero-order valence-corrected chi connectivity index (χ0v) is 11.8. The van der Waals surface area contributed by atoms with Gasteiger partial charge < -0.3 is 10.0 Å². The van der Waals surface area contributed by atoms with Crippen LogP contribution in [-0.2, 0) is 11.2 Å². The van der Waals surface area contributed by atoms with Crippen LogP contribution in [0.25, 0.3) is 0 Å². The first-order chi connectivity index (χ1) is 9.66. The fraction of sp³-hybridized carbons (Fsp3) is 0.562. The van der Waals surface area contributed by atoms with Gasteiger partial charge in [-0.15, -0.1) is 0 Å². The van der Waals surface area contributed by atoms with Crippen molar-refractivity contribution in [3.8, 4) is 0 Å². The highest BCUT2D eigenvalue weighted by Gasteiger charge is 2.44. The number of nitrogens with one attached hydrogen (secondary N) is 1. The Morgan fingerprint density at radius 2 is 2.10 bits per heavy atom. The molecule has 0 aromatic heterocycles. The molecule has 2 fully saturated rings. The maximum Gasteiger partial charge on any atom is 0.242 e. The largest absolute Gasteiger partial charge is 0.372 e. The van der Waals surface area contributed by atoms with Crippen molar-refractivity contribution in [1.29, 1.82) is 0 Å². The molecule has 0 aliphatic carbocycles. The average Bonchev–Trinajstić information content (AvgIpc) is 2.47. The van der Waals surface area contributed by atoms with E-state index in [2.05, 4.69) is 17.4 Å². The summed E-state index contributed by atoms with van der Waals surface area (Å²) in [6.07, 6.45) is 2.93. The lowest BCUT2D eigenvalue weighted by Crippen LogP contribution is -2.68. The molecule has 3 rings (SSSR count). The molecule has 1 aromatic rings. The highest BCUT2D eigenvalue weighted by molar-refractivity contribution is 5.83. The van der Waals surface area contributed by atoms with E-state index < -0.39 is 6.23 Å². The minimum atomic E-state index is -0.697. The normalized spacial score (nSPS) is 31.2. The molecule has 1 aromatic carbocycles. The minimum absolute atomic E-state index is 0.0186. The van der Waals surface area contributed by atoms with Crippen molar-refractivity contribution in [1.82, 2.24) is 10.2 Å². The Morgan fingerprint density at radius 1 is 1.35 bits per heavy atom. The third-order valence-electron chi connectivity index (χ3n) is 4.47. The second-order valence-corrected chi connectivity index (χ2v) is 5.95. The molecule has 2 saturated heterocycles. The molecule has 4 heteroatoms. The molecule has 2 bridgehead atoms. The maximum absolute atomic E-state index is 12.5. The Hall–Kier alpha value is -1.39. The molecule has 1 amide bonds. The molecular formula is C16H22N2O2. The van der Waals surface area contributed by atoms with Crippen LogP contribution >= 0.6 is 0 Å². The van der Waals surface area contributed by atoms with E-state index in [9.17, 15) is 9.90 Å². The van der Waals surface area contributed by atoms with Gasteiger partial charge in [0.1, 0.15) is 6.23 Å². The maximum atomic E-state index is 12.5. The first kappa shape index (κ1) is 13.6. The molecule has 1 unspecified atom stereocenters. The van der Waals surface area contributed by atoms with Crippen molar-refractivity contribution in [3.63, 3.8) is 0 Å². The van der Waals surface area contributed by atoms with Crippen LogP contribution in [0.1, 0.15) is 31.7 Å². The Morgan fingerprint density at radius 3 is 2.85 bits per heavy atom. The Labute approximate surface area is 119 Å². The average molecular weight is 274 g/mol. The number of carbonyl (C=O) groups excluding carboxylic acids is 1. The van der Waals surface area contributed by atoms with Crippen molar-refractivity contribution in [2.24, 2.45) is 0 Å². The molecule has 4 nitrogen and oxygen atoms in total. The zero-order chi connectivity index (χ0) is 14.1. The van der Waals surface area contributed by atoms with E-state index in [4.69, 9.17) is 0 Å². The van der Waals surface area contributed by atoms with E-state index in [0.717, 1.165) is 25.7 Å². The highest BCUT2D eigenvalue weighted by Crippen LogP contribution is 2.26. The molecule has 2 N–H and O–H groups in total. The predicted octanol–water partition coefficient (Wildman–Crippen LogP) is 1.29. The van der Waals surface area contributed by atoms with Crippen LogP contribution in [0.5, 0.6) is 0 Å².